The van der Waals surface area contributed by atoms with Crippen molar-refractivity contribution < 1.29 is 0 Å². The number of hydrogen-bond donors (Lipinski definition) is 1. The summed E-state index contributed by atoms with van der Waals surface area (Å²) >= 11 is 1.49. The summed E-state index contributed by atoms with van der Waals surface area (Å²) in [6, 6.07) is 2.00. The predicted octanol–water partition coefficient (Wildman–Crippen LogP) is 2.61. The number of rotatable bonds is 3. The quantitative estimate of drug-likeness (QED) is 0.877. The summed E-state index contributed by atoms with van der Waals surface area (Å²) in [6.07, 6.45) is 1.95. The second-order valence-electron chi connectivity index (χ2n) is 5.66. The second kappa shape index (κ2) is 5.40. The number of anilines is 1. The molecule has 0 amide bonds. The van der Waals surface area contributed by atoms with E-state index in [9.17, 15) is 0 Å². The molecule has 108 valence electrons. The molecule has 2 aromatic heterocycles. The van der Waals surface area contributed by atoms with Gasteiger partial charge in [-0.25, -0.2) is 4.68 Å². The SMILES string of the molecule is CSc1nc(NC(C)(C)C)nc(-n2nc(C)cc2C)n1. The van der Waals surface area contributed by atoms with Crippen molar-refractivity contribution >= 4 is 17.7 Å². The highest BCUT2D eigenvalue weighted by atomic mass is 32.2. The lowest BCUT2D eigenvalue weighted by molar-refractivity contribution is 0.618. The average Bonchev–Trinajstić information content (AvgIpc) is 2.65. The molecule has 0 atom stereocenters. The van der Waals surface area contributed by atoms with E-state index < -0.39 is 0 Å². The zero-order valence-electron chi connectivity index (χ0n) is 12.7. The van der Waals surface area contributed by atoms with E-state index in [2.05, 4.69) is 46.1 Å². The van der Waals surface area contributed by atoms with Crippen molar-refractivity contribution in [1.82, 2.24) is 24.7 Å². The van der Waals surface area contributed by atoms with Gasteiger partial charge in [-0.3, -0.25) is 0 Å². The van der Waals surface area contributed by atoms with Crippen LogP contribution in [0.25, 0.3) is 5.95 Å². The van der Waals surface area contributed by atoms with Crippen LogP contribution in [0.1, 0.15) is 32.2 Å². The van der Waals surface area contributed by atoms with Crippen LogP contribution in [0, 0.1) is 13.8 Å². The van der Waals surface area contributed by atoms with E-state index in [1.807, 2.05) is 26.2 Å². The summed E-state index contributed by atoms with van der Waals surface area (Å²) in [4.78, 5) is 13.3. The summed E-state index contributed by atoms with van der Waals surface area (Å²) < 4.78 is 1.74. The molecule has 0 aliphatic rings. The Morgan fingerprint density at radius 3 is 2.35 bits per heavy atom. The Balaban J connectivity index is 2.48. The van der Waals surface area contributed by atoms with Crippen molar-refractivity contribution in [2.24, 2.45) is 0 Å². The van der Waals surface area contributed by atoms with Crippen LogP contribution in [0.5, 0.6) is 0 Å². The summed E-state index contributed by atoms with van der Waals surface area (Å²) in [5.74, 6) is 1.11. The van der Waals surface area contributed by atoms with Crippen molar-refractivity contribution in [1.29, 1.82) is 0 Å². The first-order valence-corrected chi connectivity index (χ1v) is 7.63. The number of aromatic nitrogens is 5. The van der Waals surface area contributed by atoms with Gasteiger partial charge in [-0.2, -0.15) is 20.1 Å². The second-order valence-corrected chi connectivity index (χ2v) is 6.43. The molecule has 0 aromatic carbocycles. The van der Waals surface area contributed by atoms with Crippen LogP contribution in [0.2, 0.25) is 0 Å². The minimum Gasteiger partial charge on any atom is -0.349 e. The molecular weight excluding hydrogens is 272 g/mol. The van der Waals surface area contributed by atoms with E-state index in [0.29, 0.717) is 17.1 Å². The molecule has 0 fully saturated rings. The van der Waals surface area contributed by atoms with Gasteiger partial charge in [-0.1, -0.05) is 11.8 Å². The highest BCUT2D eigenvalue weighted by molar-refractivity contribution is 7.98. The predicted molar refractivity (Wildman–Crippen MR) is 81.6 cm³/mol. The van der Waals surface area contributed by atoms with Gasteiger partial charge in [0, 0.05) is 11.2 Å². The van der Waals surface area contributed by atoms with Gasteiger partial charge in [0.2, 0.25) is 5.95 Å². The van der Waals surface area contributed by atoms with Gasteiger partial charge in [-0.15, -0.1) is 0 Å². The van der Waals surface area contributed by atoms with E-state index in [1.165, 1.54) is 11.8 Å². The van der Waals surface area contributed by atoms with E-state index in [0.717, 1.165) is 11.4 Å². The Bertz CT molecular complexity index is 614. The standard InChI is InChI=1S/C13H20N6S/c1-8-7-9(2)19(18-8)11-14-10(17-13(3,4)5)15-12(16-11)20-6/h7H,1-6H3,(H,14,15,16,17). The Hall–Kier alpha value is -1.63. The highest BCUT2D eigenvalue weighted by Gasteiger charge is 2.15. The molecule has 0 radical (unpaired) electrons. The molecule has 0 saturated carbocycles. The molecular formula is C13H20N6S. The van der Waals surface area contributed by atoms with Crippen molar-refractivity contribution in [2.75, 3.05) is 11.6 Å². The zero-order chi connectivity index (χ0) is 14.9. The third-order valence-corrected chi connectivity index (χ3v) is 3.02. The summed E-state index contributed by atoms with van der Waals surface area (Å²) in [6.45, 7) is 10.1. The molecule has 0 bridgehead atoms. The van der Waals surface area contributed by atoms with E-state index in [1.54, 1.807) is 4.68 Å². The maximum Gasteiger partial charge on any atom is 0.256 e. The molecule has 0 unspecified atom stereocenters. The lowest BCUT2D eigenvalue weighted by Gasteiger charge is -2.20. The van der Waals surface area contributed by atoms with Crippen LogP contribution in [0.3, 0.4) is 0 Å². The van der Waals surface area contributed by atoms with Gasteiger partial charge >= 0.3 is 0 Å². The molecule has 2 rings (SSSR count). The minimum atomic E-state index is -0.108. The lowest BCUT2D eigenvalue weighted by atomic mass is 10.1. The van der Waals surface area contributed by atoms with Crippen LogP contribution in [-0.4, -0.2) is 36.5 Å². The van der Waals surface area contributed by atoms with Gasteiger partial charge in [0.1, 0.15) is 0 Å². The van der Waals surface area contributed by atoms with E-state index >= 15 is 0 Å². The number of thioether (sulfide) groups is 1. The monoisotopic (exact) mass is 292 g/mol. The molecule has 0 aliphatic carbocycles. The molecule has 20 heavy (non-hydrogen) atoms. The molecule has 7 heteroatoms. The normalized spacial score (nSPS) is 11.7. The smallest absolute Gasteiger partial charge is 0.256 e. The zero-order valence-corrected chi connectivity index (χ0v) is 13.5. The van der Waals surface area contributed by atoms with Gasteiger partial charge < -0.3 is 5.32 Å². The number of nitrogens with zero attached hydrogens (tertiary/aromatic N) is 5. The first-order chi connectivity index (χ1) is 9.28. The van der Waals surface area contributed by atoms with Crippen LogP contribution < -0.4 is 5.32 Å². The van der Waals surface area contributed by atoms with Crippen LogP contribution >= 0.6 is 11.8 Å². The number of hydrogen-bond acceptors (Lipinski definition) is 6. The van der Waals surface area contributed by atoms with Gasteiger partial charge in [0.15, 0.2) is 5.16 Å². The fourth-order valence-corrected chi connectivity index (χ4v) is 2.11. The maximum atomic E-state index is 4.46. The summed E-state index contributed by atoms with van der Waals surface area (Å²) in [5.41, 5.74) is 1.84. The van der Waals surface area contributed by atoms with Crippen molar-refractivity contribution in [2.45, 2.75) is 45.3 Å². The van der Waals surface area contributed by atoms with Crippen molar-refractivity contribution in [3.05, 3.63) is 17.5 Å². The number of aryl methyl sites for hydroxylation is 2. The topological polar surface area (TPSA) is 68.5 Å². The molecule has 0 saturated heterocycles. The van der Waals surface area contributed by atoms with Crippen LogP contribution in [-0.2, 0) is 0 Å². The first kappa shape index (κ1) is 14.8. The van der Waals surface area contributed by atoms with Crippen molar-refractivity contribution in [3.63, 3.8) is 0 Å². The molecule has 6 nitrogen and oxygen atoms in total. The Kier molecular flexibility index (Phi) is 3.99. The fraction of sp³-hybridized carbons (Fsp3) is 0.538. The summed E-state index contributed by atoms with van der Waals surface area (Å²) in [5, 5.41) is 8.37. The molecule has 2 aromatic rings. The highest BCUT2D eigenvalue weighted by Crippen LogP contribution is 2.17. The van der Waals surface area contributed by atoms with Gasteiger partial charge in [0.05, 0.1) is 5.69 Å². The van der Waals surface area contributed by atoms with Crippen LogP contribution in [0.15, 0.2) is 11.2 Å². The Morgan fingerprint density at radius 1 is 1.15 bits per heavy atom. The van der Waals surface area contributed by atoms with Crippen molar-refractivity contribution in [3.8, 4) is 5.95 Å². The van der Waals surface area contributed by atoms with Gasteiger partial charge in [0.25, 0.3) is 5.95 Å². The minimum absolute atomic E-state index is 0.108. The molecule has 0 spiro atoms. The molecule has 2 heterocycles. The van der Waals surface area contributed by atoms with E-state index in [4.69, 9.17) is 0 Å². The van der Waals surface area contributed by atoms with E-state index in [-0.39, 0.29) is 5.54 Å². The number of nitrogens with one attached hydrogen (secondary N) is 1. The Morgan fingerprint density at radius 2 is 1.85 bits per heavy atom. The van der Waals surface area contributed by atoms with Crippen LogP contribution in [0.4, 0.5) is 5.95 Å². The largest absolute Gasteiger partial charge is 0.349 e. The average molecular weight is 292 g/mol. The third-order valence-electron chi connectivity index (χ3n) is 2.47. The molecule has 0 aliphatic heterocycles. The Labute approximate surface area is 123 Å². The molecule has 1 N–H and O–H groups in total. The summed E-state index contributed by atoms with van der Waals surface area (Å²) in [7, 11) is 0. The van der Waals surface area contributed by atoms with Gasteiger partial charge in [-0.05, 0) is 46.9 Å². The first-order valence-electron chi connectivity index (χ1n) is 6.40. The fourth-order valence-electron chi connectivity index (χ4n) is 1.75. The maximum absolute atomic E-state index is 4.46. The third kappa shape index (κ3) is 3.47. The lowest BCUT2D eigenvalue weighted by Crippen LogP contribution is -2.28.